The predicted molar refractivity (Wildman–Crippen MR) is 7.43 cm³/mol. The second-order valence-corrected chi connectivity index (χ2v) is 0.149. The SMILES string of the molecule is OOOO.[Cu]. The second kappa shape index (κ2) is 8.84. The molecule has 0 rings (SSSR count). The average Bonchev–Trinajstić information content (AvgIpc) is 1.37. The molecule has 0 heterocycles. The van der Waals surface area contributed by atoms with Gasteiger partial charge in [-0.1, -0.05) is 0 Å². The Balaban J connectivity index is 0. The van der Waals surface area contributed by atoms with Crippen LogP contribution in [0.4, 0.5) is 0 Å². The Morgan fingerprint density at radius 1 is 1.00 bits per heavy atom. The molecule has 0 aliphatic carbocycles. The van der Waals surface area contributed by atoms with Crippen LogP contribution in [0.1, 0.15) is 0 Å². The molecular formula is H2CuO4. The molecule has 0 aromatic rings. The summed E-state index contributed by atoms with van der Waals surface area (Å²) < 4.78 is 0. The van der Waals surface area contributed by atoms with E-state index < -0.39 is 0 Å². The summed E-state index contributed by atoms with van der Waals surface area (Å²) >= 11 is 0. The van der Waals surface area contributed by atoms with Crippen molar-refractivity contribution in [2.45, 2.75) is 0 Å². The van der Waals surface area contributed by atoms with Crippen LogP contribution in [0.25, 0.3) is 0 Å². The standard InChI is InChI=1S/Cu.H2O4/c;1-3-4-2/h;1-2H. The zero-order valence-corrected chi connectivity index (χ0v) is 2.95. The van der Waals surface area contributed by atoms with Crippen molar-refractivity contribution in [1.82, 2.24) is 0 Å². The predicted octanol–water partition coefficient (Wildman–Crippen LogP) is -0.122. The van der Waals surface area contributed by atoms with Crippen LogP contribution >= 0.6 is 0 Å². The molecule has 1 radical (unpaired) electrons. The fourth-order valence-electron chi connectivity index (χ4n) is 0. The fraction of sp³-hybridized carbons (Fsp3) is 0. The minimum atomic E-state index is 0. The van der Waals surface area contributed by atoms with Gasteiger partial charge in [0, 0.05) is 17.1 Å². The van der Waals surface area contributed by atoms with Crippen molar-refractivity contribution in [2.24, 2.45) is 0 Å². The first-order valence-corrected chi connectivity index (χ1v) is 0.532. The molecule has 0 spiro atoms. The summed E-state index contributed by atoms with van der Waals surface area (Å²) in [6, 6.07) is 0. The van der Waals surface area contributed by atoms with Crippen LogP contribution in [-0.2, 0) is 27.1 Å². The van der Waals surface area contributed by atoms with Crippen LogP contribution in [0.3, 0.4) is 0 Å². The van der Waals surface area contributed by atoms with Crippen LogP contribution < -0.4 is 0 Å². The van der Waals surface area contributed by atoms with Crippen molar-refractivity contribution in [3.8, 4) is 0 Å². The van der Waals surface area contributed by atoms with Crippen molar-refractivity contribution in [3.63, 3.8) is 0 Å². The van der Waals surface area contributed by atoms with Gasteiger partial charge in [-0.15, -0.1) is 0 Å². The van der Waals surface area contributed by atoms with Crippen LogP contribution in [-0.4, -0.2) is 10.5 Å². The van der Waals surface area contributed by atoms with Gasteiger partial charge in [-0.25, -0.2) is 10.5 Å². The van der Waals surface area contributed by atoms with E-state index in [0.717, 1.165) is 0 Å². The topological polar surface area (TPSA) is 58.9 Å². The van der Waals surface area contributed by atoms with Crippen LogP contribution in [0.5, 0.6) is 0 Å². The Bertz CT molecular complexity index is 5.61. The molecule has 37 valence electrons. The van der Waals surface area contributed by atoms with Crippen molar-refractivity contribution >= 4 is 0 Å². The van der Waals surface area contributed by atoms with Gasteiger partial charge < -0.3 is 0 Å². The first kappa shape index (κ1) is 9.03. The third-order valence-corrected chi connectivity index (χ3v) is 0.0333. The molecule has 5 heteroatoms. The molecule has 4 nitrogen and oxygen atoms in total. The van der Waals surface area contributed by atoms with E-state index in [4.69, 9.17) is 10.5 Å². The molecule has 0 saturated carbocycles. The van der Waals surface area contributed by atoms with E-state index in [9.17, 15) is 0 Å². The quantitative estimate of drug-likeness (QED) is 0.294. The molecular weight excluding hydrogens is 128 g/mol. The molecule has 0 aromatic heterocycles. The Morgan fingerprint density at radius 3 is 1.20 bits per heavy atom. The van der Waals surface area contributed by atoms with Gasteiger partial charge in [0.05, 0.1) is 0 Å². The molecule has 0 aliphatic rings. The maximum atomic E-state index is 6.90. The fourth-order valence-corrected chi connectivity index (χ4v) is 0. The van der Waals surface area contributed by atoms with Gasteiger partial charge in [-0.3, -0.25) is 0 Å². The Labute approximate surface area is 38.6 Å². The summed E-state index contributed by atoms with van der Waals surface area (Å²) in [6.07, 6.45) is 0. The van der Waals surface area contributed by atoms with E-state index in [2.05, 4.69) is 10.1 Å². The zero-order valence-electron chi connectivity index (χ0n) is 2.01. The smallest absolute Gasteiger partial charge is 0 e. The zero-order chi connectivity index (χ0) is 3.41. The Morgan fingerprint density at radius 2 is 1.20 bits per heavy atom. The van der Waals surface area contributed by atoms with Crippen LogP contribution in [0.2, 0.25) is 0 Å². The second-order valence-electron chi connectivity index (χ2n) is 0.149. The molecule has 0 amide bonds. The summed E-state index contributed by atoms with van der Waals surface area (Å²) in [5.74, 6) is 0. The Hall–Kier alpha value is 0.359. The molecule has 5 heavy (non-hydrogen) atoms. The summed E-state index contributed by atoms with van der Waals surface area (Å²) in [4.78, 5) is 0. The summed E-state index contributed by atoms with van der Waals surface area (Å²) in [5, 5.41) is 19.0. The van der Waals surface area contributed by atoms with E-state index in [0.29, 0.717) is 0 Å². The minimum absolute atomic E-state index is 0. The van der Waals surface area contributed by atoms with Crippen molar-refractivity contribution in [1.29, 1.82) is 0 Å². The Kier molecular flexibility index (Phi) is 16.0. The molecule has 0 unspecified atom stereocenters. The van der Waals surface area contributed by atoms with E-state index >= 15 is 0 Å². The molecule has 2 N–H and O–H groups in total. The van der Waals surface area contributed by atoms with Gasteiger partial charge in [0.2, 0.25) is 0 Å². The molecule has 0 aromatic carbocycles. The molecule has 0 aliphatic heterocycles. The summed E-state index contributed by atoms with van der Waals surface area (Å²) in [5.41, 5.74) is 0. The van der Waals surface area contributed by atoms with E-state index in [1.807, 2.05) is 0 Å². The molecule has 0 bridgehead atoms. The van der Waals surface area contributed by atoms with Gasteiger partial charge in [-0.2, -0.15) is 0 Å². The normalized spacial score (nSPS) is 6.00. The molecule has 0 atom stereocenters. The van der Waals surface area contributed by atoms with Gasteiger partial charge >= 0.3 is 0 Å². The maximum Gasteiger partial charge on any atom is 0 e. The van der Waals surface area contributed by atoms with Gasteiger partial charge in [-0.05, 0) is 10.1 Å². The van der Waals surface area contributed by atoms with Crippen LogP contribution in [0, 0.1) is 0 Å². The van der Waals surface area contributed by atoms with Crippen molar-refractivity contribution in [2.75, 3.05) is 0 Å². The monoisotopic (exact) mass is 129 g/mol. The molecule has 0 saturated heterocycles. The number of rotatable bonds is 1. The van der Waals surface area contributed by atoms with Crippen LogP contribution in [0.15, 0.2) is 0 Å². The third kappa shape index (κ3) is 13.1. The molecule has 0 fully saturated rings. The van der Waals surface area contributed by atoms with E-state index in [1.54, 1.807) is 0 Å². The van der Waals surface area contributed by atoms with Crippen molar-refractivity contribution < 1.29 is 37.7 Å². The summed E-state index contributed by atoms with van der Waals surface area (Å²) in [7, 11) is 0. The van der Waals surface area contributed by atoms with Gasteiger partial charge in [0.15, 0.2) is 0 Å². The van der Waals surface area contributed by atoms with E-state index in [-0.39, 0.29) is 17.1 Å². The van der Waals surface area contributed by atoms with Crippen molar-refractivity contribution in [3.05, 3.63) is 0 Å². The third-order valence-electron chi connectivity index (χ3n) is 0.0333. The van der Waals surface area contributed by atoms with E-state index in [1.165, 1.54) is 0 Å². The average molecular weight is 130 g/mol. The maximum absolute atomic E-state index is 6.90. The summed E-state index contributed by atoms with van der Waals surface area (Å²) in [6.45, 7) is 0. The minimum Gasteiger partial charge on any atom is -0.219 e. The number of hydrogen-bond acceptors (Lipinski definition) is 4. The largest absolute Gasteiger partial charge is 0.219 e. The first-order valence-electron chi connectivity index (χ1n) is 0.532. The van der Waals surface area contributed by atoms with Gasteiger partial charge in [0.1, 0.15) is 0 Å². The van der Waals surface area contributed by atoms with Gasteiger partial charge in [0.25, 0.3) is 0 Å². The number of hydrogen-bond donors (Lipinski definition) is 2. The first-order chi connectivity index (χ1) is 1.91.